The van der Waals surface area contributed by atoms with Crippen molar-refractivity contribution in [1.82, 2.24) is 4.31 Å². The van der Waals surface area contributed by atoms with Crippen molar-refractivity contribution in [2.75, 3.05) is 23.7 Å². The van der Waals surface area contributed by atoms with E-state index in [9.17, 15) is 22.8 Å². The molecule has 1 aliphatic rings. The molecular weight excluding hydrogens is 446 g/mol. The maximum Gasteiger partial charge on any atom is 0.338 e. The van der Waals surface area contributed by atoms with Crippen LogP contribution in [0, 0.1) is 0 Å². The zero-order valence-corrected chi connectivity index (χ0v) is 19.4. The van der Waals surface area contributed by atoms with Gasteiger partial charge in [0.15, 0.2) is 6.10 Å². The van der Waals surface area contributed by atoms with Crippen molar-refractivity contribution in [3.8, 4) is 0 Å². The van der Waals surface area contributed by atoms with Crippen molar-refractivity contribution in [3.63, 3.8) is 0 Å². The standard InChI is InChI=1S/C23H27N3O6S/c1-16(22(28)25-20-11-9-19(10-12-20)24-17(2)27)32-23(29)18-7-6-8-21(15-18)33(30,31)26-13-4-3-5-14-26/h6-12,15-16H,3-5,13-14H2,1-2H3,(H,24,27)(H,25,28)/t16-/m0/s1. The molecule has 0 bridgehead atoms. The van der Waals surface area contributed by atoms with Crippen molar-refractivity contribution >= 4 is 39.2 Å². The van der Waals surface area contributed by atoms with Crippen LogP contribution in [0.2, 0.25) is 0 Å². The minimum atomic E-state index is -3.69. The van der Waals surface area contributed by atoms with Gasteiger partial charge in [-0.1, -0.05) is 12.5 Å². The Labute approximate surface area is 193 Å². The van der Waals surface area contributed by atoms with Crippen LogP contribution in [0.4, 0.5) is 11.4 Å². The summed E-state index contributed by atoms with van der Waals surface area (Å²) in [4.78, 5) is 36.1. The molecule has 0 unspecified atom stereocenters. The smallest absolute Gasteiger partial charge is 0.338 e. The Morgan fingerprint density at radius 2 is 1.55 bits per heavy atom. The summed E-state index contributed by atoms with van der Waals surface area (Å²) in [5, 5.41) is 5.25. The van der Waals surface area contributed by atoms with E-state index in [1.54, 1.807) is 24.3 Å². The Balaban J connectivity index is 1.62. The molecule has 9 nitrogen and oxygen atoms in total. The lowest BCUT2D eigenvalue weighted by Crippen LogP contribution is -2.35. The molecule has 33 heavy (non-hydrogen) atoms. The summed E-state index contributed by atoms with van der Waals surface area (Å²) in [6, 6.07) is 12.1. The number of rotatable bonds is 7. The largest absolute Gasteiger partial charge is 0.449 e. The second-order valence-corrected chi connectivity index (χ2v) is 9.73. The fourth-order valence-corrected chi connectivity index (χ4v) is 4.97. The number of carbonyl (C=O) groups is 3. The normalized spacial score (nSPS) is 15.3. The molecule has 0 aliphatic carbocycles. The maximum absolute atomic E-state index is 12.9. The summed E-state index contributed by atoms with van der Waals surface area (Å²) < 4.78 is 32.4. The second-order valence-electron chi connectivity index (χ2n) is 7.79. The average Bonchev–Trinajstić information content (AvgIpc) is 2.80. The van der Waals surface area contributed by atoms with E-state index >= 15 is 0 Å². The van der Waals surface area contributed by atoms with E-state index in [0.717, 1.165) is 19.3 Å². The fourth-order valence-electron chi connectivity index (χ4n) is 3.40. The molecule has 1 fully saturated rings. The first-order chi connectivity index (χ1) is 15.7. The van der Waals surface area contributed by atoms with Crippen LogP contribution >= 0.6 is 0 Å². The Morgan fingerprint density at radius 1 is 0.939 bits per heavy atom. The Bertz CT molecular complexity index is 1130. The molecule has 2 amide bonds. The van der Waals surface area contributed by atoms with Crippen molar-refractivity contribution in [3.05, 3.63) is 54.1 Å². The quantitative estimate of drug-likeness (QED) is 0.596. The summed E-state index contributed by atoms with van der Waals surface area (Å²) >= 11 is 0. The highest BCUT2D eigenvalue weighted by Gasteiger charge is 2.27. The van der Waals surface area contributed by atoms with Crippen molar-refractivity contribution in [2.24, 2.45) is 0 Å². The summed E-state index contributed by atoms with van der Waals surface area (Å²) in [6.45, 7) is 3.73. The first kappa shape index (κ1) is 24.4. The molecule has 1 aliphatic heterocycles. The van der Waals surface area contributed by atoms with Gasteiger partial charge in [-0.25, -0.2) is 13.2 Å². The van der Waals surface area contributed by atoms with E-state index < -0.39 is 28.0 Å². The van der Waals surface area contributed by atoms with Gasteiger partial charge in [-0.3, -0.25) is 9.59 Å². The van der Waals surface area contributed by atoms with E-state index in [1.807, 2.05) is 0 Å². The molecule has 2 N–H and O–H groups in total. The van der Waals surface area contributed by atoms with Gasteiger partial charge >= 0.3 is 5.97 Å². The van der Waals surface area contributed by atoms with Crippen LogP contribution in [0.25, 0.3) is 0 Å². The molecule has 3 rings (SSSR count). The summed E-state index contributed by atoms with van der Waals surface area (Å²) in [6.07, 6.45) is 1.50. The van der Waals surface area contributed by atoms with Gasteiger partial charge in [-0.05, 0) is 62.2 Å². The predicted octanol–water partition coefficient (Wildman–Crippen LogP) is 3.00. The summed E-state index contributed by atoms with van der Waals surface area (Å²) in [7, 11) is -3.69. The Hall–Kier alpha value is -3.24. The number of anilines is 2. The van der Waals surface area contributed by atoms with Gasteiger partial charge in [-0.2, -0.15) is 4.31 Å². The van der Waals surface area contributed by atoms with Crippen molar-refractivity contribution in [2.45, 2.75) is 44.1 Å². The molecule has 0 saturated carbocycles. The van der Waals surface area contributed by atoms with Crippen molar-refractivity contribution in [1.29, 1.82) is 0 Å². The van der Waals surface area contributed by atoms with Crippen molar-refractivity contribution < 1.29 is 27.5 Å². The lowest BCUT2D eigenvalue weighted by molar-refractivity contribution is -0.123. The van der Waals surface area contributed by atoms with E-state index in [0.29, 0.717) is 24.5 Å². The highest BCUT2D eigenvalue weighted by atomic mass is 32.2. The van der Waals surface area contributed by atoms with Gasteiger partial charge in [0, 0.05) is 31.4 Å². The summed E-state index contributed by atoms with van der Waals surface area (Å²) in [5.74, 6) is -1.55. The van der Waals surface area contributed by atoms with Gasteiger partial charge in [-0.15, -0.1) is 0 Å². The van der Waals surface area contributed by atoms with E-state index in [2.05, 4.69) is 10.6 Å². The average molecular weight is 474 g/mol. The molecule has 0 aromatic heterocycles. The first-order valence-corrected chi connectivity index (χ1v) is 12.1. The Kier molecular flexibility index (Phi) is 7.83. The zero-order chi connectivity index (χ0) is 24.0. The molecule has 0 radical (unpaired) electrons. The molecule has 1 saturated heterocycles. The number of carbonyl (C=O) groups excluding carboxylic acids is 3. The number of ether oxygens (including phenoxy) is 1. The SMILES string of the molecule is CC(=O)Nc1ccc(NC(=O)[C@H](C)OC(=O)c2cccc(S(=O)(=O)N3CCCCC3)c2)cc1. The number of sulfonamides is 1. The van der Waals surface area contributed by atoms with Gasteiger partial charge in [0.05, 0.1) is 10.5 Å². The fraction of sp³-hybridized carbons (Fsp3) is 0.348. The summed E-state index contributed by atoms with van der Waals surface area (Å²) in [5.41, 5.74) is 1.10. The number of benzene rings is 2. The molecule has 2 aromatic rings. The lowest BCUT2D eigenvalue weighted by atomic mass is 10.2. The number of amides is 2. The van der Waals surface area contributed by atoms with E-state index in [-0.39, 0.29) is 16.4 Å². The monoisotopic (exact) mass is 473 g/mol. The van der Waals surface area contributed by atoms with Crippen LogP contribution in [0.15, 0.2) is 53.4 Å². The number of esters is 1. The molecular formula is C23H27N3O6S. The molecule has 1 atom stereocenters. The minimum absolute atomic E-state index is 0.0233. The molecule has 1 heterocycles. The first-order valence-electron chi connectivity index (χ1n) is 10.7. The van der Waals surface area contributed by atoms with Crippen LogP contribution in [0.5, 0.6) is 0 Å². The van der Waals surface area contributed by atoms with Crippen LogP contribution < -0.4 is 10.6 Å². The van der Waals surface area contributed by atoms with Gasteiger partial charge in [0.25, 0.3) is 5.91 Å². The van der Waals surface area contributed by atoms with Crippen LogP contribution in [0.1, 0.15) is 43.5 Å². The number of piperidine rings is 1. The number of hydrogen-bond donors (Lipinski definition) is 2. The topological polar surface area (TPSA) is 122 Å². The molecule has 0 spiro atoms. The highest BCUT2D eigenvalue weighted by molar-refractivity contribution is 7.89. The zero-order valence-electron chi connectivity index (χ0n) is 18.5. The van der Waals surface area contributed by atoms with Gasteiger partial charge in [0.1, 0.15) is 0 Å². The lowest BCUT2D eigenvalue weighted by Gasteiger charge is -2.26. The van der Waals surface area contributed by atoms with Crippen LogP contribution in [-0.4, -0.2) is 49.7 Å². The number of nitrogens with one attached hydrogen (secondary N) is 2. The molecule has 10 heteroatoms. The maximum atomic E-state index is 12.9. The minimum Gasteiger partial charge on any atom is -0.449 e. The van der Waals surface area contributed by atoms with Gasteiger partial charge < -0.3 is 15.4 Å². The van der Waals surface area contributed by atoms with Crippen LogP contribution in [-0.2, 0) is 24.3 Å². The highest BCUT2D eigenvalue weighted by Crippen LogP contribution is 2.22. The number of nitrogens with zero attached hydrogens (tertiary/aromatic N) is 1. The van der Waals surface area contributed by atoms with E-state index in [1.165, 1.54) is 42.4 Å². The second kappa shape index (κ2) is 10.6. The molecule has 176 valence electrons. The third-order valence-electron chi connectivity index (χ3n) is 5.15. The third-order valence-corrected chi connectivity index (χ3v) is 7.04. The van der Waals surface area contributed by atoms with E-state index in [4.69, 9.17) is 4.74 Å². The third kappa shape index (κ3) is 6.39. The van der Waals surface area contributed by atoms with Gasteiger partial charge in [0.2, 0.25) is 15.9 Å². The predicted molar refractivity (Wildman–Crippen MR) is 123 cm³/mol. The number of hydrogen-bond acceptors (Lipinski definition) is 6. The van der Waals surface area contributed by atoms with Crippen LogP contribution in [0.3, 0.4) is 0 Å². The Morgan fingerprint density at radius 3 is 2.15 bits per heavy atom. The molecule has 2 aromatic carbocycles.